The molecule has 5 rings (SSSR count). The number of fused-ring (bicyclic) bond motifs is 3. The summed E-state index contributed by atoms with van der Waals surface area (Å²) in [5.41, 5.74) is 4.73. The number of aliphatic carboxylic acids is 1. The Labute approximate surface area is 204 Å². The van der Waals surface area contributed by atoms with Crippen molar-refractivity contribution >= 4 is 18.0 Å². The lowest BCUT2D eigenvalue weighted by atomic mass is 9.98. The number of carboxylic acid groups (broad SMARTS) is 1. The highest BCUT2D eigenvalue weighted by Gasteiger charge is 2.33. The standard InChI is InChI=1S/C27H30N2O6/c30-25(29-11-12-34-24(15-29)26(31)32)14-17-9-10-18(13-17)28-27(33)35-16-23-21-7-3-1-5-19(21)20-6-2-4-8-22(20)23/h1-8,17-18,23-24H,9-16H2,(H,28,33)(H,31,32). The summed E-state index contributed by atoms with van der Waals surface area (Å²) in [5, 5.41) is 12.1. The van der Waals surface area contributed by atoms with Crippen molar-refractivity contribution in [3.63, 3.8) is 0 Å². The van der Waals surface area contributed by atoms with Crippen LogP contribution in [-0.4, -0.2) is 66.4 Å². The van der Waals surface area contributed by atoms with Crippen LogP contribution in [0.2, 0.25) is 0 Å². The average Bonchev–Trinajstić information content (AvgIpc) is 3.44. The number of nitrogens with zero attached hydrogens (tertiary/aromatic N) is 1. The Bertz CT molecular complexity index is 1070. The number of benzene rings is 2. The van der Waals surface area contributed by atoms with E-state index in [0.717, 1.165) is 12.8 Å². The molecule has 1 saturated heterocycles. The van der Waals surface area contributed by atoms with Crippen LogP contribution in [0.15, 0.2) is 48.5 Å². The van der Waals surface area contributed by atoms with Gasteiger partial charge in [0.15, 0.2) is 6.10 Å². The van der Waals surface area contributed by atoms with Crippen molar-refractivity contribution in [1.29, 1.82) is 0 Å². The largest absolute Gasteiger partial charge is 0.479 e. The van der Waals surface area contributed by atoms with Gasteiger partial charge in [0.1, 0.15) is 6.61 Å². The van der Waals surface area contributed by atoms with Gasteiger partial charge in [-0.3, -0.25) is 4.79 Å². The van der Waals surface area contributed by atoms with Crippen molar-refractivity contribution in [3.8, 4) is 11.1 Å². The third-order valence-electron chi connectivity index (χ3n) is 7.36. The zero-order valence-electron chi connectivity index (χ0n) is 19.5. The highest BCUT2D eigenvalue weighted by atomic mass is 16.5. The smallest absolute Gasteiger partial charge is 0.407 e. The molecule has 0 spiro atoms. The first-order chi connectivity index (χ1) is 17.0. The molecule has 8 nitrogen and oxygen atoms in total. The summed E-state index contributed by atoms with van der Waals surface area (Å²) in [6.45, 7) is 1.01. The van der Waals surface area contributed by atoms with Crippen molar-refractivity contribution in [1.82, 2.24) is 10.2 Å². The van der Waals surface area contributed by atoms with E-state index in [1.54, 1.807) is 4.90 Å². The van der Waals surface area contributed by atoms with E-state index >= 15 is 0 Å². The Kier molecular flexibility index (Phi) is 6.72. The SMILES string of the molecule is O=C(NC1CCC(CC(=O)N2CCOC(C(=O)O)C2)C1)OCC1c2ccccc2-c2ccccc21. The van der Waals surface area contributed by atoms with Gasteiger partial charge in [-0.2, -0.15) is 0 Å². The van der Waals surface area contributed by atoms with E-state index in [1.165, 1.54) is 22.3 Å². The summed E-state index contributed by atoms with van der Waals surface area (Å²) in [6.07, 6.45) is 1.31. The average molecular weight is 479 g/mol. The van der Waals surface area contributed by atoms with Crippen molar-refractivity contribution in [3.05, 3.63) is 59.7 Å². The monoisotopic (exact) mass is 478 g/mol. The van der Waals surface area contributed by atoms with Crippen molar-refractivity contribution in [2.45, 2.75) is 43.7 Å². The molecule has 2 aromatic carbocycles. The molecule has 3 aliphatic rings. The number of morpholine rings is 1. The van der Waals surface area contributed by atoms with Gasteiger partial charge in [-0.15, -0.1) is 0 Å². The van der Waals surface area contributed by atoms with Gasteiger partial charge in [0, 0.05) is 24.9 Å². The Morgan fingerprint density at radius 1 is 1.03 bits per heavy atom. The van der Waals surface area contributed by atoms with E-state index in [2.05, 4.69) is 29.6 Å². The van der Waals surface area contributed by atoms with Gasteiger partial charge < -0.3 is 24.8 Å². The first-order valence-corrected chi connectivity index (χ1v) is 12.2. The number of nitrogens with one attached hydrogen (secondary N) is 1. The molecular formula is C27H30N2O6. The zero-order chi connectivity index (χ0) is 24.4. The van der Waals surface area contributed by atoms with Crippen molar-refractivity contribution < 1.29 is 29.0 Å². The third kappa shape index (κ3) is 5.03. The van der Waals surface area contributed by atoms with Gasteiger partial charge >= 0.3 is 12.1 Å². The number of amides is 2. The lowest BCUT2D eigenvalue weighted by Crippen LogP contribution is -2.48. The topological polar surface area (TPSA) is 105 Å². The second kappa shape index (κ2) is 10.1. The number of rotatable bonds is 6. The van der Waals surface area contributed by atoms with Gasteiger partial charge in [0.05, 0.1) is 13.2 Å². The molecule has 3 unspecified atom stereocenters. The predicted octanol–water partition coefficient (Wildman–Crippen LogP) is 3.40. The van der Waals surface area contributed by atoms with Crippen LogP contribution in [0.5, 0.6) is 0 Å². The Morgan fingerprint density at radius 3 is 2.40 bits per heavy atom. The first kappa shape index (κ1) is 23.4. The molecule has 1 heterocycles. The molecular weight excluding hydrogens is 448 g/mol. The lowest BCUT2D eigenvalue weighted by molar-refractivity contribution is -0.159. The maximum absolute atomic E-state index is 12.7. The van der Waals surface area contributed by atoms with Crippen LogP contribution in [0.3, 0.4) is 0 Å². The minimum absolute atomic E-state index is 0.0187. The number of carbonyl (C=O) groups excluding carboxylic acids is 2. The van der Waals surface area contributed by atoms with E-state index < -0.39 is 18.2 Å². The molecule has 8 heteroatoms. The maximum atomic E-state index is 12.7. The fourth-order valence-electron chi connectivity index (χ4n) is 5.60. The second-order valence-corrected chi connectivity index (χ2v) is 9.59. The molecule has 3 atom stereocenters. The second-order valence-electron chi connectivity index (χ2n) is 9.59. The summed E-state index contributed by atoms with van der Waals surface area (Å²) in [4.78, 5) is 38.0. The maximum Gasteiger partial charge on any atom is 0.407 e. The minimum Gasteiger partial charge on any atom is -0.479 e. The van der Waals surface area contributed by atoms with Gasteiger partial charge in [-0.05, 0) is 47.4 Å². The van der Waals surface area contributed by atoms with Crippen LogP contribution in [0, 0.1) is 5.92 Å². The van der Waals surface area contributed by atoms with Crippen LogP contribution in [0.25, 0.3) is 11.1 Å². The summed E-state index contributed by atoms with van der Waals surface area (Å²) in [5.74, 6) is -0.917. The summed E-state index contributed by atoms with van der Waals surface area (Å²) in [6, 6.07) is 16.4. The normalized spacial score (nSPS) is 23.4. The van der Waals surface area contributed by atoms with Crippen LogP contribution in [-0.2, 0) is 19.1 Å². The van der Waals surface area contributed by atoms with Crippen LogP contribution >= 0.6 is 0 Å². The molecule has 1 saturated carbocycles. The summed E-state index contributed by atoms with van der Waals surface area (Å²) >= 11 is 0. The van der Waals surface area contributed by atoms with E-state index in [1.807, 2.05) is 24.3 Å². The Balaban J connectivity index is 1.10. The predicted molar refractivity (Wildman–Crippen MR) is 128 cm³/mol. The Hall–Kier alpha value is -3.39. The number of hydrogen-bond acceptors (Lipinski definition) is 5. The fourth-order valence-corrected chi connectivity index (χ4v) is 5.60. The molecule has 35 heavy (non-hydrogen) atoms. The Morgan fingerprint density at radius 2 is 1.71 bits per heavy atom. The quantitative estimate of drug-likeness (QED) is 0.659. The summed E-state index contributed by atoms with van der Waals surface area (Å²) in [7, 11) is 0. The van der Waals surface area contributed by atoms with E-state index in [0.29, 0.717) is 19.4 Å². The van der Waals surface area contributed by atoms with Gasteiger partial charge in [-0.1, -0.05) is 48.5 Å². The molecule has 2 aliphatic carbocycles. The molecule has 2 N–H and O–H groups in total. The molecule has 2 aromatic rings. The number of carbonyl (C=O) groups is 3. The van der Waals surface area contributed by atoms with Crippen molar-refractivity contribution in [2.75, 3.05) is 26.3 Å². The molecule has 0 aromatic heterocycles. The molecule has 1 aliphatic heterocycles. The molecule has 184 valence electrons. The van der Waals surface area contributed by atoms with Crippen LogP contribution in [0.4, 0.5) is 4.79 Å². The molecule has 2 amide bonds. The zero-order valence-corrected chi connectivity index (χ0v) is 19.5. The number of carboxylic acids is 1. The minimum atomic E-state index is -1.05. The third-order valence-corrected chi connectivity index (χ3v) is 7.36. The fraction of sp³-hybridized carbons (Fsp3) is 0.444. The number of hydrogen-bond donors (Lipinski definition) is 2. The van der Waals surface area contributed by atoms with Gasteiger partial charge in [-0.25, -0.2) is 9.59 Å². The first-order valence-electron chi connectivity index (χ1n) is 12.2. The van der Waals surface area contributed by atoms with Gasteiger partial charge in [0.25, 0.3) is 0 Å². The highest BCUT2D eigenvalue weighted by molar-refractivity contribution is 5.80. The van der Waals surface area contributed by atoms with Crippen LogP contribution < -0.4 is 5.32 Å². The van der Waals surface area contributed by atoms with Crippen molar-refractivity contribution in [2.24, 2.45) is 5.92 Å². The molecule has 0 bridgehead atoms. The van der Waals surface area contributed by atoms with E-state index in [-0.39, 0.29) is 43.5 Å². The highest BCUT2D eigenvalue weighted by Crippen LogP contribution is 2.44. The molecule has 2 fully saturated rings. The van der Waals surface area contributed by atoms with Crippen LogP contribution in [0.1, 0.15) is 42.7 Å². The number of alkyl carbamates (subject to hydrolysis) is 1. The lowest BCUT2D eigenvalue weighted by Gasteiger charge is -2.31. The van der Waals surface area contributed by atoms with Gasteiger partial charge in [0.2, 0.25) is 5.91 Å². The number of ether oxygens (including phenoxy) is 2. The van der Waals surface area contributed by atoms with E-state index in [9.17, 15) is 14.4 Å². The molecule has 0 radical (unpaired) electrons. The summed E-state index contributed by atoms with van der Waals surface area (Å²) < 4.78 is 10.8. The van der Waals surface area contributed by atoms with E-state index in [4.69, 9.17) is 14.6 Å².